The van der Waals surface area contributed by atoms with E-state index in [1.807, 2.05) is 12.1 Å². The molecule has 0 unspecified atom stereocenters. The number of pyridine rings is 1. The average Bonchev–Trinajstić information content (AvgIpc) is 2.45. The molecule has 1 rings (SSSR count). The molecule has 0 fully saturated rings. The third-order valence-corrected chi connectivity index (χ3v) is 2.65. The Bertz CT molecular complexity index is 488. The fourth-order valence-corrected chi connectivity index (χ4v) is 1.48. The SMILES string of the molecule is CC(C)CCN/C=C(/C#N)C(=O)NCc1cccnc1. The molecule has 2 N–H and O–H groups in total. The number of nitrogens with zero attached hydrogens (tertiary/aromatic N) is 2. The van der Waals surface area contributed by atoms with E-state index in [4.69, 9.17) is 5.26 Å². The van der Waals surface area contributed by atoms with E-state index in [1.54, 1.807) is 18.5 Å². The van der Waals surface area contributed by atoms with Crippen LogP contribution in [0.1, 0.15) is 25.8 Å². The Labute approximate surface area is 119 Å². The summed E-state index contributed by atoms with van der Waals surface area (Å²) >= 11 is 0. The van der Waals surface area contributed by atoms with Gasteiger partial charge in [-0.25, -0.2) is 0 Å². The largest absolute Gasteiger partial charge is 0.390 e. The number of amides is 1. The van der Waals surface area contributed by atoms with Gasteiger partial charge in [-0.3, -0.25) is 9.78 Å². The fourth-order valence-electron chi connectivity index (χ4n) is 1.48. The van der Waals surface area contributed by atoms with Gasteiger partial charge >= 0.3 is 0 Å². The van der Waals surface area contributed by atoms with E-state index >= 15 is 0 Å². The quantitative estimate of drug-likeness (QED) is 0.450. The van der Waals surface area contributed by atoms with Crippen molar-refractivity contribution < 1.29 is 4.79 Å². The first-order valence-corrected chi connectivity index (χ1v) is 6.64. The normalized spacial score (nSPS) is 11.0. The number of nitrogens with one attached hydrogen (secondary N) is 2. The van der Waals surface area contributed by atoms with Crippen LogP contribution in [0.15, 0.2) is 36.3 Å². The highest BCUT2D eigenvalue weighted by atomic mass is 16.1. The summed E-state index contributed by atoms with van der Waals surface area (Å²) in [4.78, 5) is 15.8. The van der Waals surface area contributed by atoms with Crippen LogP contribution < -0.4 is 10.6 Å². The second-order valence-electron chi connectivity index (χ2n) is 4.85. The van der Waals surface area contributed by atoms with Crippen LogP contribution in [0.5, 0.6) is 0 Å². The molecule has 1 aromatic rings. The van der Waals surface area contributed by atoms with Gasteiger partial charge in [0.25, 0.3) is 5.91 Å². The van der Waals surface area contributed by atoms with Gasteiger partial charge in [0, 0.05) is 31.7 Å². The van der Waals surface area contributed by atoms with Crippen molar-refractivity contribution in [2.24, 2.45) is 5.92 Å². The van der Waals surface area contributed by atoms with E-state index in [-0.39, 0.29) is 11.5 Å². The van der Waals surface area contributed by atoms with Crippen molar-refractivity contribution in [1.82, 2.24) is 15.6 Å². The second-order valence-corrected chi connectivity index (χ2v) is 4.85. The van der Waals surface area contributed by atoms with Crippen molar-refractivity contribution in [2.45, 2.75) is 26.8 Å². The van der Waals surface area contributed by atoms with Crippen LogP contribution in [-0.4, -0.2) is 17.4 Å². The molecular weight excluding hydrogens is 252 g/mol. The first-order chi connectivity index (χ1) is 9.63. The molecule has 1 heterocycles. The Balaban J connectivity index is 2.43. The third kappa shape index (κ3) is 6.01. The van der Waals surface area contributed by atoms with Crippen LogP contribution in [0.2, 0.25) is 0 Å². The van der Waals surface area contributed by atoms with Crippen molar-refractivity contribution in [2.75, 3.05) is 6.54 Å². The van der Waals surface area contributed by atoms with Gasteiger partial charge in [0.2, 0.25) is 0 Å². The standard InChI is InChI=1S/C15H20N4O/c1-12(2)5-7-18-11-14(8-16)15(20)19-10-13-4-3-6-17-9-13/h3-4,6,9,11-12,18H,5,7,10H2,1-2H3,(H,19,20)/b14-11-. The topological polar surface area (TPSA) is 77.8 Å². The molecular formula is C15H20N4O. The predicted molar refractivity (Wildman–Crippen MR) is 77.2 cm³/mol. The first kappa shape index (κ1) is 15.7. The Morgan fingerprint density at radius 2 is 2.35 bits per heavy atom. The van der Waals surface area contributed by atoms with Gasteiger partial charge in [0.15, 0.2) is 0 Å². The molecule has 0 aromatic carbocycles. The molecule has 1 amide bonds. The minimum Gasteiger partial charge on any atom is -0.390 e. The highest BCUT2D eigenvalue weighted by Crippen LogP contribution is 1.98. The number of nitriles is 1. The lowest BCUT2D eigenvalue weighted by Gasteiger charge is -2.06. The number of carbonyl (C=O) groups excluding carboxylic acids is 1. The highest BCUT2D eigenvalue weighted by Gasteiger charge is 2.08. The lowest BCUT2D eigenvalue weighted by molar-refractivity contribution is -0.117. The van der Waals surface area contributed by atoms with Gasteiger partial charge in [-0.2, -0.15) is 5.26 Å². The van der Waals surface area contributed by atoms with Crippen molar-refractivity contribution in [3.63, 3.8) is 0 Å². The maximum atomic E-state index is 11.8. The van der Waals surface area contributed by atoms with Crippen LogP contribution >= 0.6 is 0 Å². The lowest BCUT2D eigenvalue weighted by Crippen LogP contribution is -2.25. The highest BCUT2D eigenvalue weighted by molar-refractivity contribution is 5.97. The van der Waals surface area contributed by atoms with Gasteiger partial charge in [0.05, 0.1) is 0 Å². The summed E-state index contributed by atoms with van der Waals surface area (Å²) in [6, 6.07) is 5.56. The first-order valence-electron chi connectivity index (χ1n) is 6.64. The van der Waals surface area contributed by atoms with Crippen LogP contribution in [0.3, 0.4) is 0 Å². The molecule has 0 radical (unpaired) electrons. The van der Waals surface area contributed by atoms with Gasteiger partial charge in [-0.05, 0) is 24.0 Å². The molecule has 0 aliphatic carbocycles. The lowest BCUT2D eigenvalue weighted by atomic mass is 10.1. The van der Waals surface area contributed by atoms with Gasteiger partial charge in [-0.1, -0.05) is 19.9 Å². The van der Waals surface area contributed by atoms with E-state index < -0.39 is 0 Å². The van der Waals surface area contributed by atoms with Crippen LogP contribution in [0.25, 0.3) is 0 Å². The van der Waals surface area contributed by atoms with Crippen molar-refractivity contribution in [3.05, 3.63) is 41.9 Å². The summed E-state index contributed by atoms with van der Waals surface area (Å²) in [7, 11) is 0. The van der Waals surface area contributed by atoms with Gasteiger partial charge < -0.3 is 10.6 Å². The van der Waals surface area contributed by atoms with Crippen LogP contribution in [-0.2, 0) is 11.3 Å². The fraction of sp³-hybridized carbons (Fsp3) is 0.400. The molecule has 0 spiro atoms. The molecule has 5 nitrogen and oxygen atoms in total. The summed E-state index contributed by atoms with van der Waals surface area (Å²) in [5, 5.41) is 14.6. The molecule has 0 atom stereocenters. The molecule has 0 bridgehead atoms. The number of rotatable bonds is 7. The molecule has 0 aliphatic rings. The van der Waals surface area contributed by atoms with E-state index in [1.165, 1.54) is 6.20 Å². The number of aromatic nitrogens is 1. The number of hydrogen-bond donors (Lipinski definition) is 2. The van der Waals surface area contributed by atoms with Gasteiger partial charge in [-0.15, -0.1) is 0 Å². The summed E-state index contributed by atoms with van der Waals surface area (Å²) in [6.07, 6.45) is 5.81. The minimum atomic E-state index is -0.381. The van der Waals surface area contributed by atoms with Gasteiger partial charge in [0.1, 0.15) is 11.6 Å². The summed E-state index contributed by atoms with van der Waals surface area (Å²) < 4.78 is 0. The Morgan fingerprint density at radius 3 is 2.95 bits per heavy atom. The van der Waals surface area contributed by atoms with Crippen molar-refractivity contribution >= 4 is 5.91 Å². The monoisotopic (exact) mass is 272 g/mol. The maximum absolute atomic E-state index is 11.8. The van der Waals surface area contributed by atoms with Crippen molar-refractivity contribution in [1.29, 1.82) is 5.26 Å². The summed E-state index contributed by atoms with van der Waals surface area (Å²) in [5.41, 5.74) is 0.976. The van der Waals surface area contributed by atoms with E-state index in [9.17, 15) is 4.79 Å². The zero-order chi connectivity index (χ0) is 14.8. The van der Waals surface area contributed by atoms with Crippen LogP contribution in [0.4, 0.5) is 0 Å². The number of hydrogen-bond acceptors (Lipinski definition) is 4. The molecule has 5 heteroatoms. The summed E-state index contributed by atoms with van der Waals surface area (Å²) in [5.74, 6) is 0.203. The molecule has 0 saturated heterocycles. The third-order valence-electron chi connectivity index (χ3n) is 2.65. The predicted octanol–water partition coefficient (Wildman–Crippen LogP) is 1.74. The maximum Gasteiger partial charge on any atom is 0.263 e. The van der Waals surface area contributed by atoms with E-state index in [0.29, 0.717) is 12.5 Å². The van der Waals surface area contributed by atoms with Crippen LogP contribution in [0, 0.1) is 17.2 Å². The molecule has 1 aromatic heterocycles. The molecule has 20 heavy (non-hydrogen) atoms. The summed E-state index contributed by atoms with van der Waals surface area (Å²) in [6.45, 7) is 5.35. The minimum absolute atomic E-state index is 0.0812. The number of carbonyl (C=O) groups is 1. The zero-order valence-corrected chi connectivity index (χ0v) is 11.9. The Kier molecular flexibility index (Phi) is 6.83. The zero-order valence-electron chi connectivity index (χ0n) is 11.9. The smallest absolute Gasteiger partial charge is 0.263 e. The second kappa shape index (κ2) is 8.70. The average molecular weight is 272 g/mol. The van der Waals surface area contributed by atoms with E-state index in [2.05, 4.69) is 29.5 Å². The molecule has 0 aliphatic heterocycles. The Hall–Kier alpha value is -2.35. The molecule has 106 valence electrons. The Morgan fingerprint density at radius 1 is 1.55 bits per heavy atom. The van der Waals surface area contributed by atoms with Crippen molar-refractivity contribution in [3.8, 4) is 6.07 Å². The van der Waals surface area contributed by atoms with E-state index in [0.717, 1.165) is 18.5 Å². The molecule has 0 saturated carbocycles.